The topological polar surface area (TPSA) is 162 Å². The van der Waals surface area contributed by atoms with Crippen molar-refractivity contribution in [2.75, 3.05) is 60.6 Å². The van der Waals surface area contributed by atoms with Crippen molar-refractivity contribution in [3.63, 3.8) is 0 Å². The molecule has 50 heavy (non-hydrogen) atoms. The predicted octanol–water partition coefficient (Wildman–Crippen LogP) is 2.03. The van der Waals surface area contributed by atoms with Gasteiger partial charge in [0.25, 0.3) is 0 Å². The number of carbonyl (C=O) groups excluding carboxylic acids is 3. The fraction of sp³-hybridized carbons (Fsp3) is 0.757. The summed E-state index contributed by atoms with van der Waals surface area (Å²) in [6.45, 7) is 3.25. The van der Waals surface area contributed by atoms with Gasteiger partial charge < -0.3 is 44.0 Å². The van der Waals surface area contributed by atoms with E-state index in [1.807, 2.05) is 0 Å². The number of carbonyl (C=O) groups is 3. The Kier molecular flexibility index (Phi) is 9.14. The zero-order chi connectivity index (χ0) is 35.8. The molecule has 5 saturated carbocycles. The number of ether oxygens (including phenoxy) is 6. The Morgan fingerprint density at radius 3 is 2.42 bits per heavy atom. The molecule has 1 aliphatic heterocycles. The van der Waals surface area contributed by atoms with Crippen LogP contribution < -0.4 is 5.32 Å². The summed E-state index contributed by atoms with van der Waals surface area (Å²) in [4.78, 5) is 40.5. The molecule has 1 spiro atoms. The number of benzene rings is 1. The van der Waals surface area contributed by atoms with E-state index in [-0.39, 0.29) is 79.1 Å². The largest absolute Gasteiger partial charge is 0.469 e. The van der Waals surface area contributed by atoms with E-state index in [9.17, 15) is 24.6 Å². The molecule has 13 nitrogen and oxygen atoms in total. The van der Waals surface area contributed by atoms with Gasteiger partial charge >= 0.3 is 11.9 Å². The van der Waals surface area contributed by atoms with Gasteiger partial charge in [-0.1, -0.05) is 19.1 Å². The van der Waals surface area contributed by atoms with E-state index in [1.165, 1.54) is 7.11 Å². The Hall–Kier alpha value is -2.65. The van der Waals surface area contributed by atoms with E-state index < -0.39 is 52.0 Å². The molecule has 6 aliphatic rings. The van der Waals surface area contributed by atoms with E-state index >= 15 is 0 Å². The van der Waals surface area contributed by atoms with Crippen molar-refractivity contribution in [3.05, 3.63) is 29.8 Å². The second-order valence-corrected chi connectivity index (χ2v) is 15.4. The number of piperidine rings is 1. The highest BCUT2D eigenvalue weighted by Crippen LogP contribution is 2.80. The lowest BCUT2D eigenvalue weighted by molar-refractivity contribution is -0.320. The highest BCUT2D eigenvalue weighted by molar-refractivity contribution is 6.01. The molecule has 7 rings (SSSR count). The number of aliphatic hydroxyl groups is 2. The zero-order valence-corrected chi connectivity index (χ0v) is 29.9. The summed E-state index contributed by atoms with van der Waals surface area (Å²) in [5.74, 6) is -2.23. The molecule has 1 heterocycles. The average molecular weight is 701 g/mol. The number of para-hydroxylation sites is 1. The van der Waals surface area contributed by atoms with Crippen LogP contribution in [0.25, 0.3) is 0 Å². The number of fused-ring (bicyclic) bond motifs is 2. The molecule has 0 aromatic heterocycles. The highest BCUT2D eigenvalue weighted by atomic mass is 16.5. The van der Waals surface area contributed by atoms with Gasteiger partial charge in [-0.25, -0.2) is 4.79 Å². The van der Waals surface area contributed by atoms with E-state index in [0.29, 0.717) is 25.9 Å². The maximum absolute atomic E-state index is 13.9. The van der Waals surface area contributed by atoms with Gasteiger partial charge in [-0.2, -0.15) is 0 Å². The molecule has 1 aromatic carbocycles. The third kappa shape index (κ3) is 4.53. The van der Waals surface area contributed by atoms with Gasteiger partial charge in [-0.05, 0) is 43.9 Å². The maximum atomic E-state index is 13.9. The Bertz CT molecular complexity index is 1510. The van der Waals surface area contributed by atoms with Crippen LogP contribution in [0.3, 0.4) is 0 Å². The number of nitrogens with one attached hydrogen (secondary N) is 1. The number of rotatable bonds is 12. The van der Waals surface area contributed by atoms with Crippen LogP contribution in [0.2, 0.25) is 0 Å². The quantitative estimate of drug-likeness (QED) is 0.273. The first-order valence-electron chi connectivity index (χ1n) is 17.9. The summed E-state index contributed by atoms with van der Waals surface area (Å²) < 4.78 is 35.9. The minimum atomic E-state index is -1.69. The lowest BCUT2D eigenvalue weighted by Crippen LogP contribution is -2.82. The first kappa shape index (κ1) is 35.7. The number of esters is 2. The van der Waals surface area contributed by atoms with Crippen molar-refractivity contribution in [1.29, 1.82) is 0 Å². The van der Waals surface area contributed by atoms with Crippen LogP contribution in [0.15, 0.2) is 24.3 Å². The molecule has 6 fully saturated rings. The Balaban J connectivity index is 1.27. The number of nitrogens with zero attached hydrogens (tertiary/aromatic N) is 1. The van der Waals surface area contributed by atoms with Crippen LogP contribution in [0.5, 0.6) is 0 Å². The Labute approximate surface area is 293 Å². The first-order valence-corrected chi connectivity index (χ1v) is 17.9. The fourth-order valence-corrected chi connectivity index (χ4v) is 12.6. The summed E-state index contributed by atoms with van der Waals surface area (Å²) >= 11 is 0. The molecule has 13 atom stereocenters. The number of amides is 1. The Morgan fingerprint density at radius 1 is 1.00 bits per heavy atom. The monoisotopic (exact) mass is 700 g/mol. The lowest BCUT2D eigenvalue weighted by Gasteiger charge is -2.70. The normalized spacial score (nSPS) is 43.7. The van der Waals surface area contributed by atoms with Gasteiger partial charge in [-0.15, -0.1) is 0 Å². The average Bonchev–Trinajstić information content (AvgIpc) is 3.54. The van der Waals surface area contributed by atoms with E-state index in [1.54, 1.807) is 52.7 Å². The first-order chi connectivity index (χ1) is 24.0. The number of hydrogen-bond acceptors (Lipinski definition) is 12. The number of likely N-dealkylation sites (tertiary alicyclic amines) is 1. The van der Waals surface area contributed by atoms with Crippen LogP contribution in [-0.2, 0) is 38.0 Å². The molecule has 1 aromatic rings. The summed E-state index contributed by atoms with van der Waals surface area (Å²) in [5, 5.41) is 29.3. The molecule has 7 bridgehead atoms. The standard InChI is InChI=1S/C37H52N2O11/c1-7-39-18-34(19-50-32(42)20-10-8-9-11-23(20)38-26(40)12-13-27(41)47-4)15-14-25(46-3)36-22-16-21-24(45-2)17-35(43,28(22)29(21)48-5)37(44,33(36)39)31(49-6)30(34)36/h8-11,21-22,24-25,28-31,33,43-44H,7,12-19H2,1-6H3,(H,38,40)/t21-,22-,24+,25+,28-,29+,30-,31+,33?,34+,35-,36+,37-/m1/s1. The second kappa shape index (κ2) is 12.8. The predicted molar refractivity (Wildman–Crippen MR) is 178 cm³/mol. The van der Waals surface area contributed by atoms with Crippen molar-refractivity contribution >= 4 is 23.5 Å². The van der Waals surface area contributed by atoms with Crippen molar-refractivity contribution in [3.8, 4) is 0 Å². The molecule has 0 radical (unpaired) electrons. The van der Waals surface area contributed by atoms with Crippen LogP contribution in [0.1, 0.15) is 55.8 Å². The fourth-order valence-electron chi connectivity index (χ4n) is 12.6. The molecule has 13 heteroatoms. The number of anilines is 1. The molecule has 276 valence electrons. The highest BCUT2D eigenvalue weighted by Gasteiger charge is 2.91. The Morgan fingerprint density at radius 2 is 1.76 bits per heavy atom. The van der Waals surface area contributed by atoms with Crippen LogP contribution in [-0.4, -0.2) is 130 Å². The number of hydrogen-bond donors (Lipinski definition) is 3. The third-order valence-corrected chi connectivity index (χ3v) is 14.0. The summed E-state index contributed by atoms with van der Waals surface area (Å²) in [7, 11) is 7.95. The van der Waals surface area contributed by atoms with Crippen molar-refractivity contribution in [2.45, 2.75) is 87.1 Å². The number of likely N-dealkylation sites (N-methyl/N-ethyl adjacent to an activating group) is 1. The van der Waals surface area contributed by atoms with Gasteiger partial charge in [0, 0.05) is 76.4 Å². The maximum Gasteiger partial charge on any atom is 0.340 e. The minimum absolute atomic E-state index is 0.0420. The SMILES string of the molecule is CCN1C[C@]2(COC(=O)c3ccccc3NC(=O)CCC(=O)OC)CC[C@H](OC)[C@]34C1[C@](O)([C@@H](OC)[C@H]23)[C@@]1(O)C[C@H](OC)[C@H]2C[C@@H]4[C@@H]1[C@H]2OC. The molecular formula is C37H52N2O11. The third-order valence-electron chi connectivity index (χ3n) is 14.0. The van der Waals surface area contributed by atoms with Gasteiger partial charge in [-0.3, -0.25) is 14.5 Å². The number of methoxy groups -OCH3 is 5. The van der Waals surface area contributed by atoms with Gasteiger partial charge in [0.2, 0.25) is 5.91 Å². The molecule has 5 aliphatic carbocycles. The molecule has 1 unspecified atom stereocenters. The van der Waals surface area contributed by atoms with Crippen molar-refractivity contribution in [1.82, 2.24) is 4.90 Å². The summed E-state index contributed by atoms with van der Waals surface area (Å²) in [6, 6.07) is 6.17. The van der Waals surface area contributed by atoms with E-state index in [4.69, 9.17) is 23.7 Å². The van der Waals surface area contributed by atoms with Gasteiger partial charge in [0.1, 0.15) is 11.2 Å². The van der Waals surface area contributed by atoms with Crippen molar-refractivity contribution < 1.29 is 53.0 Å². The smallest absolute Gasteiger partial charge is 0.340 e. The minimum Gasteiger partial charge on any atom is -0.469 e. The zero-order valence-electron chi connectivity index (χ0n) is 29.9. The lowest BCUT2D eigenvalue weighted by atomic mass is 9.42. The molecule has 1 saturated heterocycles. The van der Waals surface area contributed by atoms with E-state index in [2.05, 4.69) is 21.9 Å². The molecule has 1 amide bonds. The molecule has 3 N–H and O–H groups in total. The van der Waals surface area contributed by atoms with Crippen LogP contribution in [0, 0.1) is 34.5 Å². The summed E-state index contributed by atoms with van der Waals surface area (Å²) in [6.07, 6.45) is 0.548. The van der Waals surface area contributed by atoms with Crippen molar-refractivity contribution in [2.24, 2.45) is 34.5 Å². The van der Waals surface area contributed by atoms with Crippen LogP contribution in [0.4, 0.5) is 5.69 Å². The summed E-state index contributed by atoms with van der Waals surface area (Å²) in [5.41, 5.74) is -4.06. The van der Waals surface area contributed by atoms with Crippen LogP contribution >= 0.6 is 0 Å². The van der Waals surface area contributed by atoms with Gasteiger partial charge in [0.15, 0.2) is 0 Å². The molecular weight excluding hydrogens is 648 g/mol. The second-order valence-electron chi connectivity index (χ2n) is 15.4. The van der Waals surface area contributed by atoms with E-state index in [0.717, 1.165) is 6.42 Å². The van der Waals surface area contributed by atoms with Gasteiger partial charge in [0.05, 0.1) is 61.8 Å².